The molecule has 0 radical (unpaired) electrons. The molecule has 186 valence electrons. The topological polar surface area (TPSA) is 95.3 Å². The summed E-state index contributed by atoms with van der Waals surface area (Å²) in [4.78, 5) is 24.4. The highest BCUT2D eigenvalue weighted by Gasteiger charge is 2.16. The highest BCUT2D eigenvalue weighted by Crippen LogP contribution is 2.28. The van der Waals surface area contributed by atoms with Crippen molar-refractivity contribution in [2.24, 2.45) is 0 Å². The number of carbonyl (C=O) groups excluding carboxylic acids is 2. The predicted molar refractivity (Wildman–Crippen MR) is 137 cm³/mol. The van der Waals surface area contributed by atoms with E-state index in [2.05, 4.69) is 41.5 Å². The van der Waals surface area contributed by atoms with Gasteiger partial charge in [-0.05, 0) is 62.1 Å². The summed E-state index contributed by atoms with van der Waals surface area (Å²) in [5.41, 5.74) is 3.21. The van der Waals surface area contributed by atoms with Gasteiger partial charge in [0.05, 0.1) is 17.9 Å². The number of nitrogens with one attached hydrogen (secondary N) is 1. The zero-order valence-electron chi connectivity index (χ0n) is 20.8. The third kappa shape index (κ3) is 7.08. The van der Waals surface area contributed by atoms with E-state index in [4.69, 9.17) is 9.47 Å². The molecule has 9 heteroatoms. The van der Waals surface area contributed by atoms with Crippen LogP contribution in [-0.4, -0.2) is 39.0 Å². The second kappa shape index (κ2) is 12.4. The van der Waals surface area contributed by atoms with E-state index in [-0.39, 0.29) is 18.3 Å². The Bertz CT molecular complexity index is 1180. The Morgan fingerprint density at radius 1 is 1.11 bits per heavy atom. The van der Waals surface area contributed by atoms with Crippen LogP contribution >= 0.6 is 11.8 Å². The zero-order valence-corrected chi connectivity index (χ0v) is 21.6. The lowest BCUT2D eigenvalue weighted by molar-refractivity contribution is -0.113. The Hall–Kier alpha value is -3.33. The number of aryl methyl sites for hydroxylation is 1. The molecule has 3 aromatic rings. The fourth-order valence-electron chi connectivity index (χ4n) is 3.50. The summed E-state index contributed by atoms with van der Waals surface area (Å²) in [5.74, 6) is 1.42. The van der Waals surface area contributed by atoms with Crippen molar-refractivity contribution in [1.82, 2.24) is 14.8 Å². The first-order valence-electron chi connectivity index (χ1n) is 11.7. The summed E-state index contributed by atoms with van der Waals surface area (Å²) in [6.45, 7) is 11.3. The van der Waals surface area contributed by atoms with Crippen LogP contribution in [0.25, 0.3) is 0 Å². The molecule has 0 spiro atoms. The van der Waals surface area contributed by atoms with Crippen molar-refractivity contribution in [1.29, 1.82) is 0 Å². The number of benzene rings is 2. The van der Waals surface area contributed by atoms with Crippen molar-refractivity contribution < 1.29 is 19.1 Å². The molecule has 0 unspecified atom stereocenters. The number of ether oxygens (including phenoxy) is 2. The van der Waals surface area contributed by atoms with Gasteiger partial charge in [-0.15, -0.1) is 10.2 Å². The molecule has 0 atom stereocenters. The summed E-state index contributed by atoms with van der Waals surface area (Å²) >= 11 is 1.30. The first-order chi connectivity index (χ1) is 16.8. The van der Waals surface area contributed by atoms with Gasteiger partial charge in [0.15, 0.2) is 11.0 Å². The first kappa shape index (κ1) is 26.3. The van der Waals surface area contributed by atoms with E-state index in [1.165, 1.54) is 11.8 Å². The molecule has 0 saturated carbocycles. The van der Waals surface area contributed by atoms with Crippen molar-refractivity contribution >= 4 is 29.3 Å². The molecule has 0 saturated heterocycles. The van der Waals surface area contributed by atoms with Crippen LogP contribution in [0.1, 0.15) is 60.9 Å². The smallest absolute Gasteiger partial charge is 0.338 e. The van der Waals surface area contributed by atoms with Crippen LogP contribution in [0.5, 0.6) is 5.75 Å². The SMILES string of the molecule is CCOC(=O)c1cccc(NC(=O)CSc2nnc(COc3cc(C)ccc3C(C)C)n2CC)c1. The minimum Gasteiger partial charge on any atom is -0.485 e. The molecular weight excluding hydrogens is 464 g/mol. The number of rotatable bonds is 11. The molecule has 0 bridgehead atoms. The molecule has 1 aromatic heterocycles. The molecule has 0 aliphatic heterocycles. The maximum absolute atomic E-state index is 12.5. The number of hydrogen-bond donors (Lipinski definition) is 1. The summed E-state index contributed by atoms with van der Waals surface area (Å²) in [7, 11) is 0. The summed E-state index contributed by atoms with van der Waals surface area (Å²) in [5, 5.41) is 12.0. The number of nitrogens with zero attached hydrogens (tertiary/aromatic N) is 3. The van der Waals surface area contributed by atoms with Crippen LogP contribution in [0.15, 0.2) is 47.6 Å². The number of esters is 1. The van der Waals surface area contributed by atoms with E-state index >= 15 is 0 Å². The number of thioether (sulfide) groups is 1. The van der Waals surface area contributed by atoms with Gasteiger partial charge in [0.2, 0.25) is 5.91 Å². The fourth-order valence-corrected chi connectivity index (χ4v) is 4.32. The molecule has 3 rings (SSSR count). The van der Waals surface area contributed by atoms with E-state index in [1.807, 2.05) is 24.5 Å². The lowest BCUT2D eigenvalue weighted by atomic mass is 10.0. The van der Waals surface area contributed by atoms with Crippen LogP contribution in [0.4, 0.5) is 5.69 Å². The average molecular weight is 497 g/mol. The number of carbonyl (C=O) groups is 2. The largest absolute Gasteiger partial charge is 0.485 e. The molecule has 1 N–H and O–H groups in total. The van der Waals surface area contributed by atoms with Gasteiger partial charge in [0, 0.05) is 12.2 Å². The van der Waals surface area contributed by atoms with Gasteiger partial charge in [0.25, 0.3) is 0 Å². The molecule has 1 amide bonds. The van der Waals surface area contributed by atoms with E-state index in [9.17, 15) is 9.59 Å². The highest BCUT2D eigenvalue weighted by atomic mass is 32.2. The quantitative estimate of drug-likeness (QED) is 0.287. The second-order valence-electron chi connectivity index (χ2n) is 8.27. The minimum absolute atomic E-state index is 0.151. The molecule has 0 aliphatic carbocycles. The molecular formula is C26H32N4O4S. The number of aromatic nitrogens is 3. The van der Waals surface area contributed by atoms with Gasteiger partial charge in [-0.25, -0.2) is 4.79 Å². The first-order valence-corrected chi connectivity index (χ1v) is 12.7. The van der Waals surface area contributed by atoms with Crippen molar-refractivity contribution in [3.8, 4) is 5.75 Å². The Morgan fingerprint density at radius 2 is 1.91 bits per heavy atom. The second-order valence-corrected chi connectivity index (χ2v) is 9.21. The molecule has 0 aliphatic rings. The van der Waals surface area contributed by atoms with Gasteiger partial charge >= 0.3 is 5.97 Å². The van der Waals surface area contributed by atoms with Crippen LogP contribution in [-0.2, 0) is 22.7 Å². The molecule has 35 heavy (non-hydrogen) atoms. The van der Waals surface area contributed by atoms with Crippen LogP contribution in [0, 0.1) is 6.92 Å². The Morgan fingerprint density at radius 3 is 2.63 bits per heavy atom. The summed E-state index contributed by atoms with van der Waals surface area (Å²) in [6.07, 6.45) is 0. The van der Waals surface area contributed by atoms with Crippen molar-refractivity contribution in [3.63, 3.8) is 0 Å². The van der Waals surface area contributed by atoms with Gasteiger partial charge in [-0.2, -0.15) is 0 Å². The third-order valence-corrected chi connectivity index (χ3v) is 6.21. The van der Waals surface area contributed by atoms with E-state index < -0.39 is 5.97 Å². The summed E-state index contributed by atoms with van der Waals surface area (Å²) < 4.78 is 13.1. The Labute approximate surface area is 210 Å². The zero-order chi connectivity index (χ0) is 25.4. The lowest BCUT2D eigenvalue weighted by Crippen LogP contribution is -2.15. The number of hydrogen-bond acceptors (Lipinski definition) is 7. The van der Waals surface area contributed by atoms with E-state index in [1.54, 1.807) is 31.2 Å². The minimum atomic E-state index is -0.421. The lowest BCUT2D eigenvalue weighted by Gasteiger charge is -2.15. The van der Waals surface area contributed by atoms with Crippen molar-refractivity contribution in [2.45, 2.75) is 58.8 Å². The van der Waals surface area contributed by atoms with Gasteiger partial charge < -0.3 is 19.4 Å². The van der Waals surface area contributed by atoms with Gasteiger partial charge in [-0.1, -0.05) is 43.8 Å². The Balaban J connectivity index is 1.61. The molecule has 1 heterocycles. The van der Waals surface area contributed by atoms with Crippen molar-refractivity contribution in [3.05, 3.63) is 65.0 Å². The van der Waals surface area contributed by atoms with Crippen molar-refractivity contribution in [2.75, 3.05) is 17.7 Å². The molecule has 2 aromatic carbocycles. The van der Waals surface area contributed by atoms with Gasteiger partial charge in [-0.3, -0.25) is 4.79 Å². The molecule has 0 fully saturated rings. The number of amides is 1. The maximum atomic E-state index is 12.5. The fraction of sp³-hybridized carbons (Fsp3) is 0.385. The normalized spacial score (nSPS) is 10.9. The third-order valence-electron chi connectivity index (χ3n) is 5.25. The predicted octanol–water partition coefficient (Wildman–Crippen LogP) is 5.22. The van der Waals surface area contributed by atoms with E-state index in [0.29, 0.717) is 41.3 Å². The van der Waals surface area contributed by atoms with Crippen LogP contribution in [0.2, 0.25) is 0 Å². The number of anilines is 1. The van der Waals surface area contributed by atoms with Crippen LogP contribution in [0.3, 0.4) is 0 Å². The summed E-state index contributed by atoms with van der Waals surface area (Å²) in [6, 6.07) is 12.9. The molecule has 8 nitrogen and oxygen atoms in total. The Kier molecular flexibility index (Phi) is 9.31. The standard InChI is InChI=1S/C26H32N4O4S/c1-6-30-23(15-34-22-13-18(5)11-12-21(22)17(3)4)28-29-26(30)35-16-24(31)27-20-10-8-9-19(14-20)25(32)33-7-2/h8-14,17H,6-7,15-16H2,1-5H3,(H,27,31). The van der Waals surface area contributed by atoms with E-state index in [0.717, 1.165) is 16.9 Å². The monoisotopic (exact) mass is 496 g/mol. The van der Waals surface area contributed by atoms with Crippen LogP contribution < -0.4 is 10.1 Å². The maximum Gasteiger partial charge on any atom is 0.338 e. The average Bonchev–Trinajstić information content (AvgIpc) is 3.23. The highest BCUT2D eigenvalue weighted by molar-refractivity contribution is 7.99. The van der Waals surface area contributed by atoms with Gasteiger partial charge in [0.1, 0.15) is 12.4 Å².